The number of benzene rings is 2. The van der Waals surface area contributed by atoms with Crippen molar-refractivity contribution in [3.05, 3.63) is 62.5 Å². The van der Waals surface area contributed by atoms with Gasteiger partial charge in [-0.05, 0) is 58.7 Å². The fourth-order valence-electron chi connectivity index (χ4n) is 2.39. The van der Waals surface area contributed by atoms with E-state index in [0.29, 0.717) is 20.3 Å². The lowest BCUT2D eigenvalue weighted by molar-refractivity contribution is -0.142. The summed E-state index contributed by atoms with van der Waals surface area (Å²) in [6, 6.07) is 11.5. The zero-order valence-electron chi connectivity index (χ0n) is 14.8. The number of halogens is 3. The van der Waals surface area contributed by atoms with Gasteiger partial charge in [0, 0.05) is 23.6 Å². The molecule has 2 aromatic rings. The molecule has 144 valence electrons. The Morgan fingerprint density at radius 1 is 1.15 bits per heavy atom. The van der Waals surface area contributed by atoms with Crippen LogP contribution < -0.4 is 10.1 Å². The van der Waals surface area contributed by atoms with Crippen LogP contribution in [0.5, 0.6) is 5.75 Å². The Kier molecular flexibility index (Phi) is 7.95. The summed E-state index contributed by atoms with van der Waals surface area (Å²) in [6.07, 6.45) is 0. The molecule has 0 spiro atoms. The van der Waals surface area contributed by atoms with Gasteiger partial charge < -0.3 is 15.0 Å². The van der Waals surface area contributed by atoms with Gasteiger partial charge in [0.25, 0.3) is 5.91 Å². The zero-order valence-corrected chi connectivity index (χ0v) is 17.9. The lowest BCUT2D eigenvalue weighted by Gasteiger charge is -2.28. The van der Waals surface area contributed by atoms with Crippen LogP contribution in [-0.2, 0) is 16.1 Å². The summed E-state index contributed by atoms with van der Waals surface area (Å²) in [5.74, 6) is -0.0836. The minimum atomic E-state index is -0.657. The standard InChI is InChI=1S/C19H19BrCl2N2O3/c1-12(19(26)23-2)24(10-13-3-5-14(21)6-4-13)18(25)11-27-17-8-7-15(22)9-16(17)20/h3-9,12H,10-11H2,1-2H3,(H,23,26). The van der Waals surface area contributed by atoms with Crippen LogP contribution in [0.4, 0.5) is 0 Å². The van der Waals surface area contributed by atoms with Crippen LogP contribution in [0.1, 0.15) is 12.5 Å². The molecule has 2 aromatic carbocycles. The van der Waals surface area contributed by atoms with E-state index < -0.39 is 6.04 Å². The monoisotopic (exact) mass is 472 g/mol. The Morgan fingerprint density at radius 2 is 1.78 bits per heavy atom. The highest BCUT2D eigenvalue weighted by Crippen LogP contribution is 2.28. The van der Waals surface area contributed by atoms with Gasteiger partial charge in [0.2, 0.25) is 5.91 Å². The van der Waals surface area contributed by atoms with Gasteiger partial charge in [-0.25, -0.2) is 0 Å². The molecule has 0 aliphatic rings. The average molecular weight is 474 g/mol. The van der Waals surface area contributed by atoms with E-state index in [4.69, 9.17) is 27.9 Å². The van der Waals surface area contributed by atoms with Crippen LogP contribution >= 0.6 is 39.1 Å². The van der Waals surface area contributed by atoms with Crippen molar-refractivity contribution in [3.63, 3.8) is 0 Å². The van der Waals surface area contributed by atoms with E-state index in [2.05, 4.69) is 21.2 Å². The third-order valence-electron chi connectivity index (χ3n) is 3.92. The van der Waals surface area contributed by atoms with Gasteiger partial charge >= 0.3 is 0 Å². The van der Waals surface area contributed by atoms with Crippen LogP contribution in [0.3, 0.4) is 0 Å². The number of carbonyl (C=O) groups is 2. The molecule has 1 atom stereocenters. The summed E-state index contributed by atoms with van der Waals surface area (Å²) >= 11 is 15.2. The number of hydrogen-bond acceptors (Lipinski definition) is 3. The second-order valence-corrected chi connectivity index (χ2v) is 7.53. The van der Waals surface area contributed by atoms with Crippen LogP contribution in [0, 0.1) is 0 Å². The molecule has 0 saturated heterocycles. The minimum absolute atomic E-state index is 0.213. The highest BCUT2D eigenvalue weighted by atomic mass is 79.9. The normalized spacial score (nSPS) is 11.6. The number of nitrogens with zero attached hydrogens (tertiary/aromatic N) is 1. The Bertz CT molecular complexity index is 815. The van der Waals surface area contributed by atoms with Gasteiger partial charge in [-0.1, -0.05) is 35.3 Å². The van der Waals surface area contributed by atoms with Gasteiger partial charge in [-0.2, -0.15) is 0 Å². The largest absolute Gasteiger partial charge is 0.483 e. The SMILES string of the molecule is CNC(=O)C(C)N(Cc1ccc(Cl)cc1)C(=O)COc1ccc(Cl)cc1Br. The molecule has 0 bridgehead atoms. The molecule has 5 nitrogen and oxygen atoms in total. The fraction of sp³-hybridized carbons (Fsp3) is 0.263. The molecule has 8 heteroatoms. The molecule has 1 unspecified atom stereocenters. The maximum atomic E-state index is 12.8. The molecular weight excluding hydrogens is 455 g/mol. The van der Waals surface area contributed by atoms with Crippen molar-refractivity contribution in [2.45, 2.75) is 19.5 Å². The summed E-state index contributed by atoms with van der Waals surface area (Å²) in [4.78, 5) is 26.3. The van der Waals surface area contributed by atoms with E-state index in [1.807, 2.05) is 12.1 Å². The Morgan fingerprint density at radius 3 is 2.37 bits per heavy atom. The highest BCUT2D eigenvalue weighted by molar-refractivity contribution is 9.10. The van der Waals surface area contributed by atoms with E-state index in [1.54, 1.807) is 37.3 Å². The maximum absolute atomic E-state index is 12.8. The quantitative estimate of drug-likeness (QED) is 0.652. The summed E-state index contributed by atoms with van der Waals surface area (Å²) in [5, 5.41) is 3.72. The second-order valence-electron chi connectivity index (χ2n) is 5.80. The van der Waals surface area contributed by atoms with Crippen LogP contribution in [0.15, 0.2) is 46.9 Å². The summed E-state index contributed by atoms with van der Waals surface area (Å²) in [6.45, 7) is 1.72. The van der Waals surface area contributed by atoms with Gasteiger partial charge in [-0.15, -0.1) is 0 Å². The molecular formula is C19H19BrCl2N2O3. The summed E-state index contributed by atoms with van der Waals surface area (Å²) in [7, 11) is 1.53. The molecule has 2 rings (SSSR count). The van der Waals surface area contributed by atoms with Crippen LogP contribution in [0.25, 0.3) is 0 Å². The number of hydrogen-bond donors (Lipinski definition) is 1. The number of nitrogens with one attached hydrogen (secondary N) is 1. The third kappa shape index (κ3) is 6.13. The average Bonchev–Trinajstić information content (AvgIpc) is 2.65. The van der Waals surface area contributed by atoms with E-state index >= 15 is 0 Å². The van der Waals surface area contributed by atoms with Crippen LogP contribution in [-0.4, -0.2) is 36.4 Å². The Balaban J connectivity index is 2.14. The molecule has 2 amide bonds. The number of amides is 2. The first-order chi connectivity index (χ1) is 12.8. The summed E-state index contributed by atoms with van der Waals surface area (Å²) in [5.41, 5.74) is 0.858. The van der Waals surface area contributed by atoms with Crippen molar-refractivity contribution in [3.8, 4) is 5.75 Å². The molecule has 1 N–H and O–H groups in total. The molecule has 0 fully saturated rings. The van der Waals surface area contributed by atoms with Crippen molar-refractivity contribution < 1.29 is 14.3 Å². The lowest BCUT2D eigenvalue weighted by Crippen LogP contribution is -2.48. The van der Waals surface area contributed by atoms with Crippen molar-refractivity contribution >= 4 is 50.9 Å². The summed E-state index contributed by atoms with van der Waals surface area (Å²) < 4.78 is 6.25. The smallest absolute Gasteiger partial charge is 0.261 e. The predicted molar refractivity (Wildman–Crippen MR) is 110 cm³/mol. The number of carbonyl (C=O) groups excluding carboxylic acids is 2. The van der Waals surface area contributed by atoms with Gasteiger partial charge in [0.15, 0.2) is 6.61 Å². The number of ether oxygens (including phenoxy) is 1. The third-order valence-corrected chi connectivity index (χ3v) is 5.03. The van der Waals surface area contributed by atoms with Crippen LogP contribution in [0.2, 0.25) is 10.0 Å². The van der Waals surface area contributed by atoms with Crippen molar-refractivity contribution in [2.75, 3.05) is 13.7 Å². The lowest BCUT2D eigenvalue weighted by atomic mass is 10.1. The number of rotatable bonds is 7. The van der Waals surface area contributed by atoms with Crippen molar-refractivity contribution in [1.82, 2.24) is 10.2 Å². The van der Waals surface area contributed by atoms with E-state index in [1.165, 1.54) is 11.9 Å². The topological polar surface area (TPSA) is 58.6 Å². The molecule has 0 aliphatic heterocycles. The van der Waals surface area contributed by atoms with Gasteiger partial charge in [0.1, 0.15) is 11.8 Å². The van der Waals surface area contributed by atoms with E-state index in [9.17, 15) is 9.59 Å². The predicted octanol–water partition coefficient (Wildman–Crippen LogP) is 4.30. The van der Waals surface area contributed by atoms with Crippen molar-refractivity contribution in [2.24, 2.45) is 0 Å². The minimum Gasteiger partial charge on any atom is -0.483 e. The maximum Gasteiger partial charge on any atom is 0.261 e. The number of likely N-dealkylation sites (N-methyl/N-ethyl adjacent to an activating group) is 1. The fourth-order valence-corrected chi connectivity index (χ4v) is 3.32. The highest BCUT2D eigenvalue weighted by Gasteiger charge is 2.26. The molecule has 0 saturated carbocycles. The zero-order chi connectivity index (χ0) is 20.0. The first-order valence-electron chi connectivity index (χ1n) is 8.15. The molecule has 0 radical (unpaired) electrons. The van der Waals surface area contributed by atoms with Gasteiger partial charge in [-0.3, -0.25) is 9.59 Å². The van der Waals surface area contributed by atoms with Gasteiger partial charge in [0.05, 0.1) is 4.47 Å². The second kappa shape index (κ2) is 9.97. The molecule has 0 aliphatic carbocycles. The Labute approximate surface area is 176 Å². The van der Waals surface area contributed by atoms with Crippen molar-refractivity contribution in [1.29, 1.82) is 0 Å². The first-order valence-corrected chi connectivity index (χ1v) is 9.70. The molecule has 0 aromatic heterocycles. The Hall–Kier alpha value is -1.76. The molecule has 27 heavy (non-hydrogen) atoms. The first kappa shape index (κ1) is 21.5. The van der Waals surface area contributed by atoms with E-state index in [0.717, 1.165) is 5.56 Å². The molecule has 0 heterocycles. The van der Waals surface area contributed by atoms with E-state index in [-0.39, 0.29) is 25.0 Å².